The minimum absolute atomic E-state index is 0.269. The largest absolute Gasteiger partial charge is 0.366 e. The summed E-state index contributed by atoms with van der Waals surface area (Å²) in [6.45, 7) is 0. The minimum atomic E-state index is -0.557. The number of amides is 2. The maximum atomic E-state index is 11.7. The van der Waals surface area contributed by atoms with Crippen LogP contribution in [-0.2, 0) is 19.9 Å². The van der Waals surface area contributed by atoms with Crippen LogP contribution in [-0.4, -0.2) is 31.6 Å². The monoisotopic (exact) mass is 363 g/mol. The fraction of sp³-hybridized carbons (Fsp3) is 0.167. The summed E-state index contributed by atoms with van der Waals surface area (Å²) in [6.07, 6.45) is 3.07. The van der Waals surface area contributed by atoms with E-state index in [4.69, 9.17) is 11.5 Å². The van der Waals surface area contributed by atoms with Gasteiger partial charge in [0.05, 0.1) is 22.6 Å². The maximum Gasteiger partial charge on any atom is 0.269 e. The lowest BCUT2D eigenvalue weighted by Gasteiger charge is -2.17. The molecular weight excluding hydrogens is 346 g/mol. The Kier molecular flexibility index (Phi) is 3.84. The third kappa shape index (κ3) is 2.78. The Morgan fingerprint density at radius 1 is 1.15 bits per heavy atom. The van der Waals surface area contributed by atoms with Gasteiger partial charge >= 0.3 is 0 Å². The van der Waals surface area contributed by atoms with Gasteiger partial charge in [0, 0.05) is 18.8 Å². The number of hydrogen-bond donors (Lipinski definition) is 3. The Bertz CT molecular complexity index is 1090. The molecule has 2 heterocycles. The highest BCUT2D eigenvalue weighted by Crippen LogP contribution is 2.34. The molecule has 1 aliphatic rings. The van der Waals surface area contributed by atoms with Crippen molar-refractivity contribution >= 4 is 23.5 Å². The fourth-order valence-electron chi connectivity index (χ4n) is 3.34. The molecule has 2 aromatic heterocycles. The van der Waals surface area contributed by atoms with Crippen LogP contribution < -0.4 is 16.8 Å². The third-order valence-corrected chi connectivity index (χ3v) is 4.55. The van der Waals surface area contributed by atoms with Crippen molar-refractivity contribution in [3.8, 4) is 11.4 Å². The third-order valence-electron chi connectivity index (χ3n) is 4.55. The Labute approximate surface area is 154 Å². The number of nitrogens with two attached hydrogens (primary N) is 2. The minimum Gasteiger partial charge on any atom is -0.366 e. The summed E-state index contributed by atoms with van der Waals surface area (Å²) in [7, 11) is 1.75. The second kappa shape index (κ2) is 6.20. The van der Waals surface area contributed by atoms with E-state index in [9.17, 15) is 9.59 Å². The lowest BCUT2D eigenvalue weighted by molar-refractivity contribution is 0.0988. The number of aryl methyl sites for hydroxylation is 2. The van der Waals surface area contributed by atoms with E-state index in [-0.39, 0.29) is 5.69 Å². The van der Waals surface area contributed by atoms with E-state index in [2.05, 4.69) is 20.4 Å². The molecule has 9 heteroatoms. The second-order valence-electron chi connectivity index (χ2n) is 6.27. The van der Waals surface area contributed by atoms with Crippen molar-refractivity contribution in [2.75, 3.05) is 5.32 Å². The Hall–Kier alpha value is -3.75. The zero-order valence-corrected chi connectivity index (χ0v) is 14.6. The first kappa shape index (κ1) is 16.7. The number of benzene rings is 1. The van der Waals surface area contributed by atoms with Crippen LogP contribution in [0.1, 0.15) is 32.0 Å². The molecule has 0 saturated carbocycles. The van der Waals surface area contributed by atoms with Crippen molar-refractivity contribution in [3.05, 3.63) is 52.8 Å². The number of primary amides is 2. The van der Waals surface area contributed by atoms with Crippen LogP contribution in [0.5, 0.6) is 0 Å². The van der Waals surface area contributed by atoms with E-state index in [1.807, 2.05) is 0 Å². The Morgan fingerprint density at radius 3 is 2.67 bits per heavy atom. The summed E-state index contributed by atoms with van der Waals surface area (Å²) < 4.78 is 1.61. The van der Waals surface area contributed by atoms with Crippen molar-refractivity contribution in [1.82, 2.24) is 19.7 Å². The number of carbonyl (C=O) groups is 2. The normalized spacial score (nSPS) is 12.2. The quantitative estimate of drug-likeness (QED) is 0.629. The zero-order chi connectivity index (χ0) is 19.1. The lowest BCUT2D eigenvalue weighted by atomic mass is 9.93. The summed E-state index contributed by atoms with van der Waals surface area (Å²) in [5.41, 5.74) is 15.2. The molecule has 0 bridgehead atoms. The molecule has 136 valence electrons. The van der Waals surface area contributed by atoms with Crippen LogP contribution >= 0.6 is 0 Å². The molecule has 0 unspecified atom stereocenters. The molecule has 4 rings (SSSR count). The molecule has 9 nitrogen and oxygen atoms in total. The molecule has 27 heavy (non-hydrogen) atoms. The van der Waals surface area contributed by atoms with Crippen molar-refractivity contribution in [2.24, 2.45) is 18.5 Å². The second-order valence-corrected chi connectivity index (χ2v) is 6.27. The highest BCUT2D eigenvalue weighted by atomic mass is 16.1. The molecule has 3 aromatic rings. The number of rotatable bonds is 4. The van der Waals surface area contributed by atoms with Gasteiger partial charge in [-0.3, -0.25) is 14.3 Å². The average Bonchev–Trinajstić information content (AvgIpc) is 2.99. The molecular formula is C18H17N7O2. The number of para-hydroxylation sites is 1. The number of anilines is 2. The van der Waals surface area contributed by atoms with E-state index in [0.29, 0.717) is 35.7 Å². The number of aromatic nitrogens is 4. The van der Waals surface area contributed by atoms with E-state index in [1.165, 1.54) is 0 Å². The summed E-state index contributed by atoms with van der Waals surface area (Å²) in [4.78, 5) is 32.2. The van der Waals surface area contributed by atoms with Gasteiger partial charge in [-0.25, -0.2) is 9.97 Å². The van der Waals surface area contributed by atoms with E-state index < -0.39 is 11.8 Å². The first-order valence-corrected chi connectivity index (χ1v) is 8.33. The molecule has 1 aromatic carbocycles. The number of carbonyl (C=O) groups excluding carboxylic acids is 2. The van der Waals surface area contributed by atoms with Gasteiger partial charge in [0.2, 0.25) is 5.95 Å². The van der Waals surface area contributed by atoms with Gasteiger partial charge in [-0.2, -0.15) is 5.10 Å². The predicted octanol–water partition coefficient (Wildman–Crippen LogP) is 0.917. The van der Waals surface area contributed by atoms with Crippen LogP contribution in [0.3, 0.4) is 0 Å². The Balaban J connectivity index is 1.78. The molecule has 0 fully saturated rings. The highest BCUT2D eigenvalue weighted by Gasteiger charge is 2.28. The van der Waals surface area contributed by atoms with Gasteiger partial charge < -0.3 is 16.8 Å². The van der Waals surface area contributed by atoms with Crippen LogP contribution in [0, 0.1) is 0 Å². The molecule has 0 saturated heterocycles. The number of nitrogens with zero attached hydrogens (tertiary/aromatic N) is 4. The van der Waals surface area contributed by atoms with Gasteiger partial charge in [-0.05, 0) is 30.5 Å². The first-order valence-electron chi connectivity index (χ1n) is 8.33. The van der Waals surface area contributed by atoms with Crippen LogP contribution in [0.2, 0.25) is 0 Å². The predicted molar refractivity (Wildman–Crippen MR) is 98.4 cm³/mol. The number of nitrogens with one attached hydrogen (secondary N) is 1. The molecule has 5 N–H and O–H groups in total. The highest BCUT2D eigenvalue weighted by molar-refractivity contribution is 5.99. The molecule has 0 spiro atoms. The summed E-state index contributed by atoms with van der Waals surface area (Å²) in [5, 5.41) is 7.28. The summed E-state index contributed by atoms with van der Waals surface area (Å²) in [5.74, 6) is -0.786. The maximum absolute atomic E-state index is 11.7. The molecule has 2 amide bonds. The molecule has 0 atom stereocenters. The van der Waals surface area contributed by atoms with Crippen molar-refractivity contribution in [3.63, 3.8) is 0 Å². The summed E-state index contributed by atoms with van der Waals surface area (Å²) >= 11 is 0. The van der Waals surface area contributed by atoms with Gasteiger partial charge in [0.25, 0.3) is 11.8 Å². The first-order chi connectivity index (χ1) is 13.0. The van der Waals surface area contributed by atoms with Crippen molar-refractivity contribution in [2.45, 2.75) is 12.8 Å². The van der Waals surface area contributed by atoms with Gasteiger partial charge in [-0.15, -0.1) is 0 Å². The SMILES string of the molecule is Cn1nc(C(N)=O)c2c1-c1nc(Nc3ccccc3C(N)=O)ncc1CC2. The van der Waals surface area contributed by atoms with E-state index in [1.54, 1.807) is 42.2 Å². The van der Waals surface area contributed by atoms with Crippen molar-refractivity contribution in [1.29, 1.82) is 0 Å². The van der Waals surface area contributed by atoms with Gasteiger partial charge in [0.1, 0.15) is 0 Å². The molecule has 1 aliphatic carbocycles. The van der Waals surface area contributed by atoms with E-state index in [0.717, 1.165) is 16.8 Å². The smallest absolute Gasteiger partial charge is 0.269 e. The number of hydrogen-bond acceptors (Lipinski definition) is 6. The lowest BCUT2D eigenvalue weighted by Crippen LogP contribution is -2.16. The van der Waals surface area contributed by atoms with Gasteiger partial charge in [0.15, 0.2) is 5.69 Å². The standard InChI is InChI=1S/C18H17N7O2/c1-25-15-11(14(24-25)17(20)27)7-6-9-8-21-18(23-13(9)15)22-12-5-3-2-4-10(12)16(19)26/h2-5,8H,6-7H2,1H3,(H2,19,26)(H2,20,27)(H,21,22,23). The molecule has 0 radical (unpaired) electrons. The summed E-state index contributed by atoms with van der Waals surface area (Å²) in [6, 6.07) is 6.86. The van der Waals surface area contributed by atoms with E-state index >= 15 is 0 Å². The van der Waals surface area contributed by atoms with Crippen LogP contribution in [0.4, 0.5) is 11.6 Å². The Morgan fingerprint density at radius 2 is 1.93 bits per heavy atom. The van der Waals surface area contributed by atoms with Crippen LogP contribution in [0.15, 0.2) is 30.5 Å². The van der Waals surface area contributed by atoms with Gasteiger partial charge in [-0.1, -0.05) is 12.1 Å². The average molecular weight is 363 g/mol. The topological polar surface area (TPSA) is 142 Å². The fourth-order valence-corrected chi connectivity index (χ4v) is 3.34. The van der Waals surface area contributed by atoms with Crippen LogP contribution in [0.25, 0.3) is 11.4 Å². The molecule has 0 aliphatic heterocycles. The number of fused-ring (bicyclic) bond motifs is 3. The van der Waals surface area contributed by atoms with Crippen molar-refractivity contribution < 1.29 is 9.59 Å². The zero-order valence-electron chi connectivity index (χ0n) is 14.6.